The summed E-state index contributed by atoms with van der Waals surface area (Å²) in [4.78, 5) is 11.1. The van der Waals surface area contributed by atoms with Crippen LogP contribution in [0.4, 0.5) is 13.2 Å². The molecule has 0 heterocycles. The Hall–Kier alpha value is -0.281. The van der Waals surface area contributed by atoms with E-state index in [9.17, 15) is 18.0 Å². The number of hydrogen-bond donors (Lipinski definition) is 0. The van der Waals surface area contributed by atoms with E-state index in [1.54, 1.807) is 0 Å². The van der Waals surface area contributed by atoms with Gasteiger partial charge in [0.15, 0.2) is 0 Å². The molecule has 0 amide bonds. The molecule has 0 aromatic heterocycles. The number of ketones is 1. The van der Waals surface area contributed by atoms with Gasteiger partial charge in [-0.15, -0.1) is 0 Å². The van der Waals surface area contributed by atoms with Crippen molar-refractivity contribution in [2.45, 2.75) is 31.8 Å². The van der Waals surface area contributed by atoms with Gasteiger partial charge in [0.1, 0.15) is 0 Å². The topological polar surface area (TPSA) is 17.1 Å². The van der Waals surface area contributed by atoms with Crippen molar-refractivity contribution in [3.63, 3.8) is 0 Å². The molecule has 1 nitrogen and oxygen atoms in total. The Morgan fingerprint density at radius 2 is 1.93 bits per heavy atom. The molecule has 0 spiro atoms. The molecule has 0 atom stereocenters. The number of carbonyl (C=O) groups excluding carboxylic acids is 1. The summed E-state index contributed by atoms with van der Waals surface area (Å²) in [6.45, 7) is 3.65. The molecule has 0 saturated heterocycles. The Labute approximate surface area is 86.9 Å². The molecular formula is C9H11F3OSe. The fourth-order valence-corrected chi connectivity index (χ4v) is 3.50. The van der Waals surface area contributed by atoms with E-state index in [1.165, 1.54) is 6.08 Å². The zero-order chi connectivity index (χ0) is 11.0. The fraction of sp³-hybridized carbons (Fsp3) is 0.667. The standard InChI is InChI=1S/C9H11F3OSe/c1-8(2)4-6(13)3-7(5-8)14-9(10,11)12/h3H,4-5H2,1-2H3. The maximum absolute atomic E-state index is 12.1. The summed E-state index contributed by atoms with van der Waals surface area (Å²) in [6.07, 6.45) is 1.92. The number of hydrogen-bond acceptors (Lipinski definition) is 1. The normalized spacial score (nSPS) is 22.1. The predicted octanol–water partition coefficient (Wildman–Crippen LogP) is 2.48. The summed E-state index contributed by atoms with van der Waals surface area (Å²) in [6, 6.07) is 0. The molecule has 0 aliphatic heterocycles. The molecule has 1 aliphatic rings. The molecule has 1 aliphatic carbocycles. The Kier molecular flexibility index (Phi) is 3.12. The first-order valence-electron chi connectivity index (χ1n) is 4.17. The first-order valence-corrected chi connectivity index (χ1v) is 5.88. The van der Waals surface area contributed by atoms with E-state index in [1.807, 2.05) is 13.8 Å². The maximum atomic E-state index is 12.1. The van der Waals surface area contributed by atoms with Crippen molar-refractivity contribution in [3.05, 3.63) is 10.5 Å². The Balaban J connectivity index is 2.75. The van der Waals surface area contributed by atoms with Gasteiger partial charge in [0.2, 0.25) is 0 Å². The Morgan fingerprint density at radius 3 is 2.36 bits per heavy atom. The fourth-order valence-electron chi connectivity index (χ4n) is 1.50. The molecular weight excluding hydrogens is 260 g/mol. The van der Waals surface area contributed by atoms with E-state index in [4.69, 9.17) is 0 Å². The SMILES string of the molecule is CC1(C)CC(=O)C=C([Se]C(F)(F)F)C1. The van der Waals surface area contributed by atoms with Crippen LogP contribution in [0.15, 0.2) is 10.5 Å². The molecule has 0 aromatic carbocycles. The minimum atomic E-state index is -4.15. The second-order valence-corrected chi connectivity index (χ2v) is 6.64. The molecule has 1 rings (SSSR count). The molecule has 14 heavy (non-hydrogen) atoms. The summed E-state index contributed by atoms with van der Waals surface area (Å²) >= 11 is -1.54. The molecule has 0 fully saturated rings. The van der Waals surface area contributed by atoms with Crippen molar-refractivity contribution >= 4 is 20.7 Å². The molecule has 0 bridgehead atoms. The van der Waals surface area contributed by atoms with E-state index in [0.717, 1.165) is 0 Å². The van der Waals surface area contributed by atoms with Gasteiger partial charge in [-0.05, 0) is 0 Å². The van der Waals surface area contributed by atoms with Gasteiger partial charge in [0.25, 0.3) is 0 Å². The second kappa shape index (κ2) is 3.70. The average Bonchev–Trinajstić information content (AvgIpc) is 1.74. The summed E-state index contributed by atoms with van der Waals surface area (Å²) in [7, 11) is 0. The van der Waals surface area contributed by atoms with Crippen LogP contribution < -0.4 is 0 Å². The predicted molar refractivity (Wildman–Crippen MR) is 47.9 cm³/mol. The summed E-state index contributed by atoms with van der Waals surface area (Å²) in [5, 5.41) is -4.15. The van der Waals surface area contributed by atoms with Crippen LogP contribution in [-0.2, 0) is 4.79 Å². The number of alkyl halides is 3. The molecule has 0 unspecified atom stereocenters. The van der Waals surface area contributed by atoms with Gasteiger partial charge in [-0.3, -0.25) is 0 Å². The number of rotatable bonds is 1. The molecule has 0 saturated carbocycles. The number of halogens is 3. The zero-order valence-electron chi connectivity index (χ0n) is 7.94. The summed E-state index contributed by atoms with van der Waals surface area (Å²) in [5.41, 5.74) is -0.311. The van der Waals surface area contributed by atoms with E-state index >= 15 is 0 Å². The van der Waals surface area contributed by atoms with Crippen molar-refractivity contribution in [1.82, 2.24) is 0 Å². The van der Waals surface area contributed by atoms with E-state index in [-0.39, 0.29) is 15.7 Å². The van der Waals surface area contributed by atoms with Crippen LogP contribution in [0, 0.1) is 5.41 Å². The van der Waals surface area contributed by atoms with Crippen molar-refractivity contribution in [3.8, 4) is 0 Å². The Morgan fingerprint density at radius 1 is 1.36 bits per heavy atom. The Bertz CT molecular complexity index is 278. The first kappa shape index (κ1) is 11.8. The van der Waals surface area contributed by atoms with Gasteiger partial charge >= 0.3 is 86.4 Å². The second-order valence-electron chi connectivity index (χ2n) is 4.14. The van der Waals surface area contributed by atoms with E-state index in [2.05, 4.69) is 0 Å². The quantitative estimate of drug-likeness (QED) is 0.670. The van der Waals surface area contributed by atoms with Gasteiger partial charge in [-0.2, -0.15) is 0 Å². The van der Waals surface area contributed by atoms with Crippen LogP contribution in [0.1, 0.15) is 26.7 Å². The van der Waals surface area contributed by atoms with Gasteiger partial charge in [0, 0.05) is 0 Å². The van der Waals surface area contributed by atoms with Crippen LogP contribution in [0.3, 0.4) is 0 Å². The molecule has 0 radical (unpaired) electrons. The molecule has 80 valence electrons. The third kappa shape index (κ3) is 3.84. The molecule has 5 heteroatoms. The molecule has 0 aromatic rings. The van der Waals surface area contributed by atoms with Crippen molar-refractivity contribution in [2.24, 2.45) is 5.41 Å². The van der Waals surface area contributed by atoms with Crippen molar-refractivity contribution in [2.75, 3.05) is 0 Å². The van der Waals surface area contributed by atoms with Crippen molar-refractivity contribution in [1.29, 1.82) is 0 Å². The monoisotopic (exact) mass is 272 g/mol. The van der Waals surface area contributed by atoms with Crippen molar-refractivity contribution < 1.29 is 18.0 Å². The summed E-state index contributed by atoms with van der Waals surface area (Å²) in [5.74, 6) is -0.178. The minimum absolute atomic E-state index is 0.178. The third-order valence-corrected chi connectivity index (χ3v) is 3.46. The van der Waals surface area contributed by atoms with Gasteiger partial charge in [-0.25, -0.2) is 0 Å². The van der Waals surface area contributed by atoms with Crippen LogP contribution in [0.25, 0.3) is 0 Å². The average molecular weight is 271 g/mol. The van der Waals surface area contributed by atoms with Gasteiger partial charge < -0.3 is 0 Å². The molecule has 0 N–H and O–H groups in total. The van der Waals surface area contributed by atoms with Crippen LogP contribution in [-0.4, -0.2) is 25.8 Å². The third-order valence-electron chi connectivity index (χ3n) is 1.87. The van der Waals surface area contributed by atoms with Gasteiger partial charge in [0.05, 0.1) is 0 Å². The number of allylic oxidation sites excluding steroid dienone is 2. The number of carbonyl (C=O) groups is 1. The van der Waals surface area contributed by atoms with Gasteiger partial charge in [-0.1, -0.05) is 0 Å². The first-order chi connectivity index (χ1) is 6.18. The zero-order valence-corrected chi connectivity index (χ0v) is 9.66. The van der Waals surface area contributed by atoms with Crippen LogP contribution >= 0.6 is 0 Å². The van der Waals surface area contributed by atoms with E-state index < -0.39 is 20.0 Å². The van der Waals surface area contributed by atoms with Crippen LogP contribution in [0.2, 0.25) is 0 Å². The van der Waals surface area contributed by atoms with E-state index in [0.29, 0.717) is 12.8 Å². The van der Waals surface area contributed by atoms with Crippen LogP contribution in [0.5, 0.6) is 0 Å². The summed E-state index contributed by atoms with van der Waals surface area (Å²) < 4.78 is 36.6.